The number of carboxylic acid groups (broad SMARTS) is 1. The van der Waals surface area contributed by atoms with Gasteiger partial charge in [-0.05, 0) is 94.5 Å². The van der Waals surface area contributed by atoms with E-state index in [1.165, 1.54) is 0 Å². The van der Waals surface area contributed by atoms with Gasteiger partial charge in [0, 0.05) is 11.0 Å². The summed E-state index contributed by atoms with van der Waals surface area (Å²) >= 11 is 0. The number of fused-ring (bicyclic) bond motifs is 3. The van der Waals surface area contributed by atoms with Crippen LogP contribution in [0.3, 0.4) is 0 Å². The molecule has 160 valence electrons. The fourth-order valence-corrected chi connectivity index (χ4v) is 8.10. The molecular weight excluding hydrogens is 364 g/mol. The van der Waals surface area contributed by atoms with Gasteiger partial charge in [-0.3, -0.25) is 4.79 Å². The highest BCUT2D eigenvalue weighted by Gasteiger charge is 2.68. The van der Waals surface area contributed by atoms with Crippen LogP contribution in [0, 0.1) is 34.0 Å². The number of ether oxygens (including phenoxy) is 1. The van der Waals surface area contributed by atoms with Gasteiger partial charge in [0.1, 0.15) is 6.10 Å². The molecule has 2 bridgehead atoms. The summed E-state index contributed by atoms with van der Waals surface area (Å²) in [5.41, 5.74) is 1.02. The van der Waals surface area contributed by atoms with Crippen molar-refractivity contribution in [2.24, 2.45) is 34.0 Å². The lowest BCUT2D eigenvalue weighted by molar-refractivity contribution is -0.195. The molecule has 0 heterocycles. The van der Waals surface area contributed by atoms with E-state index < -0.39 is 11.4 Å². The topological polar surface area (TPSA) is 63.6 Å². The number of carbonyl (C=O) groups excluding carboxylic acids is 1. The van der Waals surface area contributed by atoms with Gasteiger partial charge in [-0.2, -0.15) is 0 Å². The van der Waals surface area contributed by atoms with Crippen LogP contribution in [0.2, 0.25) is 0 Å². The maximum atomic E-state index is 12.7. The van der Waals surface area contributed by atoms with E-state index in [4.69, 9.17) is 4.74 Å². The summed E-state index contributed by atoms with van der Waals surface area (Å²) in [6.07, 6.45) is 9.50. The molecule has 0 unspecified atom stereocenters. The number of carbonyl (C=O) groups is 2. The molecule has 29 heavy (non-hydrogen) atoms. The van der Waals surface area contributed by atoms with E-state index in [1.54, 1.807) is 13.0 Å². The highest BCUT2D eigenvalue weighted by molar-refractivity contribution is 5.88. The van der Waals surface area contributed by atoms with Gasteiger partial charge in [-0.25, -0.2) is 4.79 Å². The van der Waals surface area contributed by atoms with E-state index in [0.717, 1.165) is 56.9 Å². The quantitative estimate of drug-likeness (QED) is 0.384. The first kappa shape index (κ1) is 20.7. The van der Waals surface area contributed by atoms with E-state index in [9.17, 15) is 14.7 Å². The minimum Gasteiger partial charge on any atom is -0.481 e. The average molecular weight is 401 g/mol. The predicted octanol–water partition coefficient (Wildman–Crippen LogP) is 5.53. The smallest absolute Gasteiger partial charge is 0.333 e. The summed E-state index contributed by atoms with van der Waals surface area (Å²) < 4.78 is 6.15. The van der Waals surface area contributed by atoms with Crippen LogP contribution in [0.1, 0.15) is 79.1 Å². The van der Waals surface area contributed by atoms with Gasteiger partial charge in [0.25, 0.3) is 0 Å². The van der Waals surface area contributed by atoms with Gasteiger partial charge < -0.3 is 9.84 Å². The van der Waals surface area contributed by atoms with E-state index in [1.807, 2.05) is 13.8 Å². The third-order valence-electron chi connectivity index (χ3n) is 9.65. The van der Waals surface area contributed by atoms with Crippen molar-refractivity contribution in [3.63, 3.8) is 0 Å². The number of aliphatic carboxylic acids is 1. The zero-order valence-corrected chi connectivity index (χ0v) is 18.4. The molecule has 0 saturated heterocycles. The van der Waals surface area contributed by atoms with Crippen LogP contribution in [0.25, 0.3) is 0 Å². The summed E-state index contributed by atoms with van der Waals surface area (Å²) in [7, 11) is 0. The fourth-order valence-electron chi connectivity index (χ4n) is 8.10. The fraction of sp³-hybridized carbons (Fsp3) is 0.760. The molecular formula is C25H36O4. The second kappa shape index (κ2) is 6.72. The van der Waals surface area contributed by atoms with Crippen LogP contribution in [-0.2, 0) is 14.3 Å². The van der Waals surface area contributed by atoms with E-state index in [-0.39, 0.29) is 28.8 Å². The zero-order valence-electron chi connectivity index (χ0n) is 18.4. The Morgan fingerprint density at radius 2 is 1.86 bits per heavy atom. The van der Waals surface area contributed by atoms with Gasteiger partial charge in [-0.15, -0.1) is 0 Å². The minimum atomic E-state index is -0.644. The summed E-state index contributed by atoms with van der Waals surface area (Å²) in [5.74, 6) is 0.151. The van der Waals surface area contributed by atoms with E-state index in [0.29, 0.717) is 17.4 Å². The first-order valence-electron chi connectivity index (χ1n) is 11.4. The molecule has 0 aromatic heterocycles. The van der Waals surface area contributed by atoms with Crippen LogP contribution in [0.5, 0.6) is 0 Å². The molecule has 4 aliphatic carbocycles. The Hall–Kier alpha value is -1.58. The first-order chi connectivity index (χ1) is 13.6. The van der Waals surface area contributed by atoms with Crippen molar-refractivity contribution < 1.29 is 19.4 Å². The minimum absolute atomic E-state index is 0.0144. The molecule has 4 nitrogen and oxygen atoms in total. The van der Waals surface area contributed by atoms with Crippen LogP contribution in [-0.4, -0.2) is 23.1 Å². The number of allylic oxidation sites excluding steroid dienone is 1. The van der Waals surface area contributed by atoms with E-state index in [2.05, 4.69) is 13.5 Å². The van der Waals surface area contributed by atoms with Crippen molar-refractivity contribution in [3.05, 3.63) is 23.8 Å². The van der Waals surface area contributed by atoms with Crippen molar-refractivity contribution in [2.45, 2.75) is 85.2 Å². The highest BCUT2D eigenvalue weighted by atomic mass is 16.5. The highest BCUT2D eigenvalue weighted by Crippen LogP contribution is 2.72. The van der Waals surface area contributed by atoms with Crippen molar-refractivity contribution in [1.29, 1.82) is 0 Å². The van der Waals surface area contributed by atoms with Gasteiger partial charge in [0.2, 0.25) is 0 Å². The maximum absolute atomic E-state index is 12.7. The van der Waals surface area contributed by atoms with Gasteiger partial charge in [0.05, 0.1) is 5.41 Å². The van der Waals surface area contributed by atoms with E-state index >= 15 is 0 Å². The first-order valence-corrected chi connectivity index (χ1v) is 11.4. The largest absolute Gasteiger partial charge is 0.481 e. The summed E-state index contributed by atoms with van der Waals surface area (Å²) in [5, 5.41) is 10.1. The molecule has 4 aliphatic rings. The molecule has 0 amide bonds. The van der Waals surface area contributed by atoms with Crippen LogP contribution in [0.4, 0.5) is 0 Å². The predicted molar refractivity (Wildman–Crippen MR) is 112 cm³/mol. The van der Waals surface area contributed by atoms with Gasteiger partial charge in [0.15, 0.2) is 0 Å². The summed E-state index contributed by atoms with van der Waals surface area (Å²) in [6.45, 7) is 12.4. The molecule has 4 fully saturated rings. The normalized spacial score (nSPS) is 46.6. The molecule has 4 heteroatoms. The van der Waals surface area contributed by atoms with Crippen molar-refractivity contribution in [1.82, 2.24) is 0 Å². The Bertz CT molecular complexity index is 782. The number of hydrogen-bond acceptors (Lipinski definition) is 3. The van der Waals surface area contributed by atoms with Crippen LogP contribution in [0.15, 0.2) is 23.8 Å². The lowest BCUT2D eigenvalue weighted by Gasteiger charge is -2.63. The van der Waals surface area contributed by atoms with Gasteiger partial charge in [-0.1, -0.05) is 26.0 Å². The molecule has 0 aromatic carbocycles. The second-order valence-corrected chi connectivity index (χ2v) is 10.8. The standard InChI is InChI=1S/C25H36O4/c1-6-15(2)21(26)29-20-16(3)17-8-9-19-23(4)11-7-12-24(5,22(27)28)18(23)10-13-25(19,20)14-17/h6,17-20H,3,7-14H2,1-2,4-5H3,(H,27,28)/b15-6-/t17-,18+,19+,20+,23-,24+,25-/m0/s1. The molecule has 0 aromatic rings. The molecule has 0 aliphatic heterocycles. The van der Waals surface area contributed by atoms with Crippen molar-refractivity contribution in [3.8, 4) is 0 Å². The third-order valence-corrected chi connectivity index (χ3v) is 9.65. The molecule has 0 radical (unpaired) electrons. The van der Waals surface area contributed by atoms with Crippen LogP contribution >= 0.6 is 0 Å². The number of hydrogen-bond donors (Lipinski definition) is 1. The Morgan fingerprint density at radius 1 is 1.14 bits per heavy atom. The second-order valence-electron chi connectivity index (χ2n) is 10.8. The molecule has 7 atom stereocenters. The lowest BCUT2D eigenvalue weighted by Crippen LogP contribution is -2.60. The molecule has 4 rings (SSSR count). The maximum Gasteiger partial charge on any atom is 0.333 e. The van der Waals surface area contributed by atoms with Crippen molar-refractivity contribution >= 4 is 11.9 Å². The summed E-state index contributed by atoms with van der Waals surface area (Å²) in [4.78, 5) is 25.0. The Balaban J connectivity index is 1.73. The molecule has 1 N–H and O–H groups in total. The number of carboxylic acids is 1. The number of rotatable bonds is 3. The Kier molecular flexibility index (Phi) is 4.79. The average Bonchev–Trinajstić information content (AvgIpc) is 2.87. The SMILES string of the molecule is C=C1[C@H]2CC[C@@H]3[C@@]4(C)CCC[C@@](C)(C(=O)O)[C@@H]4CC[C@@]3(C2)[C@@H]1OC(=O)/C(C)=C\C. The number of esters is 1. The van der Waals surface area contributed by atoms with Gasteiger partial charge >= 0.3 is 11.9 Å². The van der Waals surface area contributed by atoms with Crippen LogP contribution < -0.4 is 0 Å². The van der Waals surface area contributed by atoms with Crippen molar-refractivity contribution in [2.75, 3.05) is 0 Å². The Morgan fingerprint density at radius 3 is 2.52 bits per heavy atom. The molecule has 4 saturated carbocycles. The molecule has 1 spiro atoms. The Labute approximate surface area is 174 Å². The monoisotopic (exact) mass is 400 g/mol. The zero-order chi connectivity index (χ0) is 21.2. The lowest BCUT2D eigenvalue weighted by atomic mass is 9.40. The summed E-state index contributed by atoms with van der Waals surface area (Å²) in [6, 6.07) is 0. The third kappa shape index (κ3) is 2.70.